The van der Waals surface area contributed by atoms with Crippen LogP contribution in [0, 0.1) is 5.92 Å². The van der Waals surface area contributed by atoms with E-state index in [1.807, 2.05) is 18.2 Å². The van der Waals surface area contributed by atoms with Crippen LogP contribution in [0.1, 0.15) is 44.9 Å². The monoisotopic (exact) mass is 437 g/mol. The molecular weight excluding hydrogens is 414 g/mol. The molecule has 1 fully saturated rings. The number of hydrogen-bond donors (Lipinski definition) is 0. The van der Waals surface area contributed by atoms with Crippen LogP contribution >= 0.6 is 0 Å². The van der Waals surface area contributed by atoms with E-state index in [0.29, 0.717) is 24.1 Å². The summed E-state index contributed by atoms with van der Waals surface area (Å²) in [5, 5.41) is 2.70. The molecule has 1 aromatic heterocycles. The van der Waals surface area contributed by atoms with E-state index in [1.165, 1.54) is 22.6 Å². The molecule has 1 aliphatic heterocycles. The van der Waals surface area contributed by atoms with Gasteiger partial charge >= 0.3 is 0 Å². The van der Waals surface area contributed by atoms with E-state index in [9.17, 15) is 14.4 Å². The fraction of sp³-hybridized carbons (Fsp3) is 0.250. The highest BCUT2D eigenvalue weighted by Crippen LogP contribution is 2.34. The maximum atomic E-state index is 13.6. The van der Waals surface area contributed by atoms with Crippen molar-refractivity contribution in [1.82, 2.24) is 4.90 Å². The molecule has 164 valence electrons. The molecule has 5 heteroatoms. The smallest absolute Gasteiger partial charge is 0.289 e. The number of hydrogen-bond acceptors (Lipinski definition) is 4. The van der Waals surface area contributed by atoms with E-state index in [0.717, 1.165) is 36.6 Å². The van der Waals surface area contributed by atoms with Crippen molar-refractivity contribution in [3.05, 3.63) is 93.3 Å². The van der Waals surface area contributed by atoms with Crippen molar-refractivity contribution >= 4 is 33.4 Å². The third-order valence-corrected chi connectivity index (χ3v) is 7.07. The van der Waals surface area contributed by atoms with Crippen LogP contribution in [0.25, 0.3) is 21.7 Å². The molecule has 1 amide bonds. The lowest BCUT2D eigenvalue weighted by Crippen LogP contribution is -2.42. The summed E-state index contributed by atoms with van der Waals surface area (Å²) in [5.41, 5.74) is 3.52. The van der Waals surface area contributed by atoms with Crippen LogP contribution in [0.3, 0.4) is 0 Å². The topological polar surface area (TPSA) is 67.6 Å². The van der Waals surface area contributed by atoms with Crippen LogP contribution in [0.15, 0.2) is 69.9 Å². The molecule has 1 aliphatic carbocycles. The van der Waals surface area contributed by atoms with E-state index in [2.05, 4.69) is 12.1 Å². The zero-order valence-electron chi connectivity index (χ0n) is 18.2. The van der Waals surface area contributed by atoms with Crippen molar-refractivity contribution in [2.75, 3.05) is 13.1 Å². The summed E-state index contributed by atoms with van der Waals surface area (Å²) in [7, 11) is 0. The number of Topliss-reactive ketones (excluding diaryl/α,β-unsaturated/α-hetero) is 1. The van der Waals surface area contributed by atoms with Crippen LogP contribution in [-0.2, 0) is 12.8 Å². The Morgan fingerprint density at radius 1 is 0.909 bits per heavy atom. The fourth-order valence-corrected chi connectivity index (χ4v) is 5.42. The summed E-state index contributed by atoms with van der Waals surface area (Å²) in [6, 6.07) is 18.4. The van der Waals surface area contributed by atoms with E-state index in [-0.39, 0.29) is 28.8 Å². The number of benzene rings is 3. The second-order valence-electron chi connectivity index (χ2n) is 9.04. The van der Waals surface area contributed by atoms with E-state index in [1.54, 1.807) is 29.2 Å². The lowest BCUT2D eigenvalue weighted by atomic mass is 9.87. The van der Waals surface area contributed by atoms with Crippen molar-refractivity contribution in [3.63, 3.8) is 0 Å². The van der Waals surface area contributed by atoms with Crippen molar-refractivity contribution < 1.29 is 14.0 Å². The molecule has 1 unspecified atom stereocenters. The van der Waals surface area contributed by atoms with E-state index < -0.39 is 0 Å². The first-order chi connectivity index (χ1) is 16.1. The van der Waals surface area contributed by atoms with Crippen molar-refractivity contribution in [2.24, 2.45) is 5.92 Å². The Morgan fingerprint density at radius 2 is 1.70 bits per heavy atom. The molecule has 4 aromatic rings. The number of carbonyl (C=O) groups excluding carboxylic acids is 2. The molecule has 5 nitrogen and oxygen atoms in total. The van der Waals surface area contributed by atoms with Gasteiger partial charge in [0.15, 0.2) is 17.0 Å². The molecule has 0 spiro atoms. The zero-order chi connectivity index (χ0) is 22.5. The Morgan fingerprint density at radius 3 is 2.58 bits per heavy atom. The van der Waals surface area contributed by atoms with Gasteiger partial charge in [-0.25, -0.2) is 0 Å². The van der Waals surface area contributed by atoms with Gasteiger partial charge in [-0.2, -0.15) is 0 Å². The van der Waals surface area contributed by atoms with Gasteiger partial charge in [-0.1, -0.05) is 42.5 Å². The Labute approximate surface area is 190 Å². The number of carbonyl (C=O) groups is 2. The largest absolute Gasteiger partial charge is 0.451 e. The zero-order valence-corrected chi connectivity index (χ0v) is 18.2. The third kappa shape index (κ3) is 3.27. The quantitative estimate of drug-likeness (QED) is 0.433. The summed E-state index contributed by atoms with van der Waals surface area (Å²) in [5.74, 6) is -0.496. The van der Waals surface area contributed by atoms with Gasteiger partial charge in [-0.3, -0.25) is 14.4 Å². The number of likely N-dealkylation sites (tertiary alicyclic amines) is 1. The first kappa shape index (κ1) is 19.9. The molecule has 0 saturated carbocycles. The number of ketones is 1. The van der Waals surface area contributed by atoms with Crippen LogP contribution in [0.2, 0.25) is 0 Å². The molecule has 2 heterocycles. The predicted octanol–water partition coefficient (Wildman–Crippen LogP) is 4.78. The average molecular weight is 437 g/mol. The summed E-state index contributed by atoms with van der Waals surface area (Å²) in [6.45, 7) is 0.875. The van der Waals surface area contributed by atoms with Gasteiger partial charge in [-0.05, 0) is 59.7 Å². The second-order valence-corrected chi connectivity index (χ2v) is 9.04. The number of aryl methyl sites for hydroxylation is 2. The minimum atomic E-state index is -0.337. The van der Waals surface area contributed by atoms with Crippen LogP contribution in [-0.4, -0.2) is 29.7 Å². The molecular formula is C28H23NO4. The van der Waals surface area contributed by atoms with Crippen molar-refractivity contribution in [2.45, 2.75) is 25.7 Å². The Bertz CT molecular complexity index is 1490. The molecule has 0 radical (unpaired) electrons. The summed E-state index contributed by atoms with van der Waals surface area (Å²) in [4.78, 5) is 40.9. The van der Waals surface area contributed by atoms with Gasteiger partial charge in [0.25, 0.3) is 5.91 Å². The Kier molecular flexibility index (Phi) is 4.64. The number of rotatable bonds is 3. The SMILES string of the molecule is O=C(c1ccc2c3c(cccc13)CC2)C1CCCN(C(=O)c2cc(=O)c3ccccc3o2)C1. The lowest BCUT2D eigenvalue weighted by molar-refractivity contribution is 0.0611. The van der Waals surface area contributed by atoms with E-state index in [4.69, 9.17) is 4.42 Å². The molecule has 1 saturated heterocycles. The first-order valence-corrected chi connectivity index (χ1v) is 11.5. The summed E-state index contributed by atoms with van der Waals surface area (Å²) >= 11 is 0. The molecule has 0 N–H and O–H groups in total. The standard InChI is InChI=1S/C28H23NO4/c30-23-15-25(33-24-9-2-1-7-22(23)24)28(32)29-14-4-6-19(16-29)27(31)21-13-12-18-11-10-17-5-3-8-20(21)26(17)18/h1-3,5,7-9,12-13,15,19H,4,6,10-11,14,16H2. The van der Waals surface area contributed by atoms with Gasteiger partial charge in [0.1, 0.15) is 5.58 Å². The lowest BCUT2D eigenvalue weighted by Gasteiger charge is -2.32. The van der Waals surface area contributed by atoms with Gasteiger partial charge in [0.05, 0.1) is 5.39 Å². The Hall–Kier alpha value is -3.73. The number of amides is 1. The molecule has 2 aliphatic rings. The minimum absolute atomic E-state index is 0.0251. The predicted molar refractivity (Wildman–Crippen MR) is 127 cm³/mol. The third-order valence-electron chi connectivity index (χ3n) is 7.07. The average Bonchev–Trinajstić information content (AvgIpc) is 3.28. The molecule has 33 heavy (non-hydrogen) atoms. The van der Waals surface area contributed by atoms with Crippen molar-refractivity contribution in [1.29, 1.82) is 0 Å². The number of nitrogens with zero attached hydrogens (tertiary/aromatic N) is 1. The maximum Gasteiger partial charge on any atom is 0.289 e. The molecule has 1 atom stereocenters. The highest BCUT2D eigenvalue weighted by molar-refractivity contribution is 6.11. The number of piperidine rings is 1. The van der Waals surface area contributed by atoms with Gasteiger partial charge in [0, 0.05) is 30.6 Å². The highest BCUT2D eigenvalue weighted by Gasteiger charge is 2.32. The Balaban J connectivity index is 1.29. The first-order valence-electron chi connectivity index (χ1n) is 11.5. The molecule has 3 aromatic carbocycles. The molecule has 0 bridgehead atoms. The van der Waals surface area contributed by atoms with Crippen LogP contribution < -0.4 is 5.43 Å². The number of para-hydroxylation sites is 1. The fourth-order valence-electron chi connectivity index (χ4n) is 5.42. The van der Waals surface area contributed by atoms with Gasteiger partial charge in [0.2, 0.25) is 0 Å². The maximum absolute atomic E-state index is 13.6. The number of fused-ring (bicyclic) bond motifs is 1. The minimum Gasteiger partial charge on any atom is -0.451 e. The summed E-state index contributed by atoms with van der Waals surface area (Å²) < 4.78 is 5.75. The van der Waals surface area contributed by atoms with Gasteiger partial charge < -0.3 is 9.32 Å². The van der Waals surface area contributed by atoms with Gasteiger partial charge in [-0.15, -0.1) is 0 Å². The van der Waals surface area contributed by atoms with Crippen LogP contribution in [0.5, 0.6) is 0 Å². The van der Waals surface area contributed by atoms with Crippen molar-refractivity contribution in [3.8, 4) is 0 Å². The van der Waals surface area contributed by atoms with Crippen LogP contribution in [0.4, 0.5) is 0 Å². The van der Waals surface area contributed by atoms with E-state index >= 15 is 0 Å². The normalized spacial score (nSPS) is 17.6. The summed E-state index contributed by atoms with van der Waals surface area (Å²) in [6.07, 6.45) is 3.52. The second kappa shape index (κ2) is 7.69. The highest BCUT2D eigenvalue weighted by atomic mass is 16.3. The molecule has 6 rings (SSSR count).